The Kier molecular flexibility index (Phi) is 6.89. The van der Waals surface area contributed by atoms with Gasteiger partial charge < -0.3 is 14.4 Å². The van der Waals surface area contributed by atoms with Gasteiger partial charge in [-0.05, 0) is 55.8 Å². The quantitative estimate of drug-likeness (QED) is 0.285. The highest BCUT2D eigenvalue weighted by Gasteiger charge is 2.31. The third-order valence-electron chi connectivity index (χ3n) is 5.70. The normalized spacial score (nSPS) is 12.2. The smallest absolute Gasteiger partial charge is 0.416 e. The molecule has 0 aliphatic rings. The maximum absolute atomic E-state index is 13.2. The molecule has 4 rings (SSSR count). The van der Waals surface area contributed by atoms with Crippen molar-refractivity contribution in [3.8, 4) is 5.75 Å². The summed E-state index contributed by atoms with van der Waals surface area (Å²) in [6.45, 7) is 3.21. The number of hydrogen-bond acceptors (Lipinski definition) is 4. The molecule has 1 aromatic heterocycles. The summed E-state index contributed by atoms with van der Waals surface area (Å²) >= 11 is 0. The van der Waals surface area contributed by atoms with Gasteiger partial charge in [-0.25, -0.2) is 9.78 Å². The molecule has 0 fully saturated rings. The number of allylic oxidation sites excluding steroid dienone is 1. The Bertz CT molecular complexity index is 1470. The van der Waals surface area contributed by atoms with Crippen LogP contribution in [0.2, 0.25) is 0 Å². The summed E-state index contributed by atoms with van der Waals surface area (Å²) in [5.41, 5.74) is 0.0312. The van der Waals surface area contributed by atoms with Crippen molar-refractivity contribution < 1.29 is 32.6 Å². The summed E-state index contributed by atoms with van der Waals surface area (Å²) in [5.74, 6) is -1.04. The first kappa shape index (κ1) is 25.7. The van der Waals surface area contributed by atoms with Crippen molar-refractivity contribution in [1.82, 2.24) is 9.55 Å². The van der Waals surface area contributed by atoms with Crippen LogP contribution in [0.1, 0.15) is 41.2 Å². The van der Waals surface area contributed by atoms with Crippen LogP contribution in [0.25, 0.3) is 17.1 Å². The highest BCUT2D eigenvalue weighted by Crippen LogP contribution is 2.29. The molecule has 0 bridgehead atoms. The molecule has 0 saturated carbocycles. The number of hydrogen-bond donors (Lipinski definition) is 1. The fourth-order valence-corrected chi connectivity index (χ4v) is 3.65. The first-order valence-corrected chi connectivity index (χ1v) is 11.3. The minimum Gasteiger partial charge on any atom is -0.478 e. The van der Waals surface area contributed by atoms with Gasteiger partial charge in [0.05, 0.1) is 16.6 Å². The maximum Gasteiger partial charge on any atom is 0.416 e. The van der Waals surface area contributed by atoms with E-state index in [4.69, 9.17) is 4.74 Å². The van der Waals surface area contributed by atoms with Crippen LogP contribution in [0.5, 0.6) is 5.75 Å². The third-order valence-corrected chi connectivity index (χ3v) is 5.70. The Hall–Kier alpha value is -4.40. The SMILES string of the molecule is CC(C)(Oc1ccc(/C=C/Cn2c(C(=O)c3ccc(C(F)(F)F)cc3)nc3ccccc32)cc1)C(=O)O. The van der Waals surface area contributed by atoms with Gasteiger partial charge in [0, 0.05) is 12.1 Å². The number of aromatic nitrogens is 2. The molecule has 0 aliphatic carbocycles. The number of nitrogens with zero attached hydrogens (tertiary/aromatic N) is 2. The lowest BCUT2D eigenvalue weighted by atomic mass is 10.1. The number of carboxylic acids is 1. The van der Waals surface area contributed by atoms with Crippen molar-refractivity contribution in [1.29, 1.82) is 0 Å². The van der Waals surface area contributed by atoms with Crippen LogP contribution in [0.3, 0.4) is 0 Å². The summed E-state index contributed by atoms with van der Waals surface area (Å²) < 4.78 is 46.0. The van der Waals surface area contributed by atoms with E-state index in [-0.39, 0.29) is 17.9 Å². The van der Waals surface area contributed by atoms with Gasteiger partial charge in [0.1, 0.15) is 5.75 Å². The zero-order valence-corrected chi connectivity index (χ0v) is 20.0. The number of rotatable bonds is 8. The van der Waals surface area contributed by atoms with E-state index in [2.05, 4.69) is 4.98 Å². The van der Waals surface area contributed by atoms with E-state index in [0.29, 0.717) is 16.8 Å². The molecule has 0 unspecified atom stereocenters. The molecule has 0 spiro atoms. The number of halogens is 3. The summed E-state index contributed by atoms with van der Waals surface area (Å²) in [4.78, 5) is 28.9. The van der Waals surface area contributed by atoms with Crippen LogP contribution in [-0.2, 0) is 17.5 Å². The lowest BCUT2D eigenvalue weighted by Gasteiger charge is -2.21. The first-order valence-electron chi connectivity index (χ1n) is 11.3. The standard InChI is InChI=1S/C28H23F3N2O4/c1-27(2,26(35)36)37-21-15-9-18(10-16-21)6-5-17-33-23-8-4-3-7-22(23)32-25(33)24(34)19-11-13-20(14-12-19)28(29,30)31/h3-16H,17H2,1-2H3,(H,35,36)/b6-5+. The molecule has 0 atom stereocenters. The maximum atomic E-state index is 13.2. The second kappa shape index (κ2) is 9.93. The number of imidazole rings is 1. The summed E-state index contributed by atoms with van der Waals surface area (Å²) in [6.07, 6.45) is -0.835. The number of para-hydroxylation sites is 2. The molecule has 4 aromatic rings. The Labute approximate surface area is 210 Å². The van der Waals surface area contributed by atoms with Crippen LogP contribution in [0.4, 0.5) is 13.2 Å². The fourth-order valence-electron chi connectivity index (χ4n) is 3.65. The van der Waals surface area contributed by atoms with E-state index in [1.165, 1.54) is 13.8 Å². The second-order valence-electron chi connectivity index (χ2n) is 8.83. The fraction of sp³-hybridized carbons (Fsp3) is 0.179. The van der Waals surface area contributed by atoms with Crippen molar-refractivity contribution in [2.45, 2.75) is 32.2 Å². The molecule has 9 heteroatoms. The molecule has 0 aliphatic heterocycles. The average molecular weight is 508 g/mol. The van der Waals surface area contributed by atoms with Crippen molar-refractivity contribution in [2.75, 3.05) is 0 Å². The lowest BCUT2D eigenvalue weighted by Crippen LogP contribution is -2.37. The summed E-state index contributed by atoms with van der Waals surface area (Å²) in [5, 5.41) is 9.20. The highest BCUT2D eigenvalue weighted by atomic mass is 19.4. The van der Waals surface area contributed by atoms with E-state index >= 15 is 0 Å². The van der Waals surface area contributed by atoms with E-state index in [9.17, 15) is 27.9 Å². The molecule has 0 saturated heterocycles. The Morgan fingerprint density at radius 2 is 1.62 bits per heavy atom. The lowest BCUT2D eigenvalue weighted by molar-refractivity contribution is -0.152. The number of carbonyl (C=O) groups excluding carboxylic acids is 1. The van der Waals surface area contributed by atoms with Crippen LogP contribution in [0.15, 0.2) is 78.9 Å². The minimum absolute atomic E-state index is 0.105. The van der Waals surface area contributed by atoms with Crippen molar-refractivity contribution >= 4 is 28.9 Å². The molecular formula is C28H23F3N2O4. The number of aliphatic carboxylic acids is 1. The van der Waals surface area contributed by atoms with Gasteiger partial charge in [0.2, 0.25) is 5.78 Å². The van der Waals surface area contributed by atoms with Gasteiger partial charge in [-0.1, -0.05) is 48.6 Å². The molecule has 37 heavy (non-hydrogen) atoms. The molecule has 0 radical (unpaired) electrons. The van der Waals surface area contributed by atoms with Gasteiger partial charge in [0.25, 0.3) is 0 Å². The number of benzene rings is 3. The van der Waals surface area contributed by atoms with Crippen LogP contribution in [0, 0.1) is 0 Å². The number of alkyl halides is 3. The van der Waals surface area contributed by atoms with Gasteiger partial charge in [0.15, 0.2) is 11.4 Å². The van der Waals surface area contributed by atoms with E-state index in [1.807, 2.05) is 24.3 Å². The number of ketones is 1. The molecule has 3 aromatic carbocycles. The third kappa shape index (κ3) is 5.72. The van der Waals surface area contributed by atoms with Gasteiger partial charge in [-0.2, -0.15) is 13.2 Å². The zero-order chi connectivity index (χ0) is 26.8. The Morgan fingerprint density at radius 1 is 0.973 bits per heavy atom. The summed E-state index contributed by atoms with van der Waals surface area (Å²) in [6, 6.07) is 18.1. The monoisotopic (exact) mass is 508 g/mol. The Morgan fingerprint density at radius 3 is 2.24 bits per heavy atom. The average Bonchev–Trinajstić information content (AvgIpc) is 3.22. The number of carboxylic acid groups (broad SMARTS) is 1. The van der Waals surface area contributed by atoms with Crippen molar-refractivity contribution in [3.63, 3.8) is 0 Å². The molecule has 1 heterocycles. The highest BCUT2D eigenvalue weighted by molar-refractivity contribution is 6.08. The predicted octanol–water partition coefficient (Wildman–Crippen LogP) is 6.24. The van der Waals surface area contributed by atoms with E-state index in [0.717, 1.165) is 29.8 Å². The molecule has 0 amide bonds. The number of ether oxygens (including phenoxy) is 1. The molecule has 6 nitrogen and oxygen atoms in total. The molecule has 1 N–H and O–H groups in total. The molecular weight excluding hydrogens is 485 g/mol. The van der Waals surface area contributed by atoms with Crippen LogP contribution < -0.4 is 4.74 Å². The number of carbonyl (C=O) groups is 2. The number of fused-ring (bicyclic) bond motifs is 1. The van der Waals surface area contributed by atoms with Crippen molar-refractivity contribution in [3.05, 3.63) is 101 Å². The van der Waals surface area contributed by atoms with Gasteiger partial charge in [-0.3, -0.25) is 4.79 Å². The van der Waals surface area contributed by atoms with Crippen LogP contribution in [-0.4, -0.2) is 32.0 Å². The van der Waals surface area contributed by atoms with Crippen molar-refractivity contribution in [2.24, 2.45) is 0 Å². The minimum atomic E-state index is -4.49. The summed E-state index contributed by atoms with van der Waals surface area (Å²) in [7, 11) is 0. The van der Waals surface area contributed by atoms with E-state index < -0.39 is 29.1 Å². The molecule has 190 valence electrons. The van der Waals surface area contributed by atoms with Crippen LogP contribution >= 0.6 is 0 Å². The zero-order valence-electron chi connectivity index (χ0n) is 20.0. The topological polar surface area (TPSA) is 81.4 Å². The second-order valence-corrected chi connectivity index (χ2v) is 8.83. The van der Waals surface area contributed by atoms with E-state index in [1.54, 1.807) is 41.0 Å². The first-order chi connectivity index (χ1) is 17.5. The predicted molar refractivity (Wildman–Crippen MR) is 132 cm³/mol. The van der Waals surface area contributed by atoms with Gasteiger partial charge >= 0.3 is 12.1 Å². The largest absolute Gasteiger partial charge is 0.478 e. The Balaban J connectivity index is 1.57. The van der Waals surface area contributed by atoms with Gasteiger partial charge in [-0.15, -0.1) is 0 Å².